The van der Waals surface area contributed by atoms with E-state index >= 15 is 0 Å². The van der Waals surface area contributed by atoms with Crippen molar-refractivity contribution < 1.29 is 9.53 Å². The molecule has 1 fully saturated rings. The van der Waals surface area contributed by atoms with Crippen LogP contribution in [-0.4, -0.2) is 47.4 Å². The van der Waals surface area contributed by atoms with Crippen LogP contribution in [0.2, 0.25) is 0 Å². The van der Waals surface area contributed by atoms with Crippen LogP contribution < -0.4 is 10.2 Å². The van der Waals surface area contributed by atoms with Crippen LogP contribution in [0.5, 0.6) is 0 Å². The van der Waals surface area contributed by atoms with E-state index in [0.717, 1.165) is 29.8 Å². The van der Waals surface area contributed by atoms with Gasteiger partial charge in [-0.2, -0.15) is 0 Å². The zero-order valence-corrected chi connectivity index (χ0v) is 13.6. The Morgan fingerprint density at radius 1 is 1.04 bits per heavy atom. The molecule has 0 saturated carbocycles. The molecule has 0 spiro atoms. The maximum Gasteiger partial charge on any atom is 0.276 e. The molecule has 0 radical (unpaired) electrons. The summed E-state index contributed by atoms with van der Waals surface area (Å²) < 4.78 is 5.32. The molecule has 0 aliphatic carbocycles. The molecule has 1 aromatic carbocycles. The number of fused-ring (bicyclic) bond motifs is 1. The number of pyridine rings is 1. The van der Waals surface area contributed by atoms with Crippen LogP contribution in [0.25, 0.3) is 10.9 Å². The van der Waals surface area contributed by atoms with E-state index in [2.05, 4.69) is 25.4 Å². The van der Waals surface area contributed by atoms with Gasteiger partial charge < -0.3 is 15.0 Å². The monoisotopic (exact) mass is 335 g/mol. The second-order valence-corrected chi connectivity index (χ2v) is 5.71. The van der Waals surface area contributed by atoms with Gasteiger partial charge in [-0.05, 0) is 24.3 Å². The molecule has 0 atom stereocenters. The lowest BCUT2D eigenvalue weighted by molar-refractivity contribution is 0.102. The van der Waals surface area contributed by atoms with Gasteiger partial charge in [0.2, 0.25) is 0 Å². The molecule has 7 heteroatoms. The summed E-state index contributed by atoms with van der Waals surface area (Å²) in [5.41, 5.74) is 1.67. The second-order valence-electron chi connectivity index (χ2n) is 5.71. The van der Waals surface area contributed by atoms with Gasteiger partial charge in [0.25, 0.3) is 5.91 Å². The van der Waals surface area contributed by atoms with Gasteiger partial charge in [0.1, 0.15) is 0 Å². The van der Waals surface area contributed by atoms with Gasteiger partial charge in [0, 0.05) is 24.7 Å². The van der Waals surface area contributed by atoms with Gasteiger partial charge in [0.15, 0.2) is 11.5 Å². The molecule has 1 amide bonds. The number of nitrogens with one attached hydrogen (secondary N) is 1. The first-order chi connectivity index (χ1) is 12.3. The number of carbonyl (C=O) groups is 1. The molecule has 1 N–H and O–H groups in total. The highest BCUT2D eigenvalue weighted by molar-refractivity contribution is 6.07. The Morgan fingerprint density at radius 3 is 2.68 bits per heavy atom. The number of hydrogen-bond acceptors (Lipinski definition) is 6. The number of ether oxygens (including phenoxy) is 1. The summed E-state index contributed by atoms with van der Waals surface area (Å²) in [7, 11) is 0. The Bertz CT molecular complexity index is 886. The van der Waals surface area contributed by atoms with E-state index in [1.165, 1.54) is 0 Å². The van der Waals surface area contributed by atoms with E-state index in [1.807, 2.05) is 36.4 Å². The number of anilines is 2. The van der Waals surface area contributed by atoms with Gasteiger partial charge in [0.05, 0.1) is 24.4 Å². The summed E-state index contributed by atoms with van der Waals surface area (Å²) in [6.45, 7) is 2.92. The topological polar surface area (TPSA) is 80.2 Å². The van der Waals surface area contributed by atoms with Gasteiger partial charge in [-0.1, -0.05) is 18.2 Å². The second kappa shape index (κ2) is 6.82. The Kier molecular flexibility index (Phi) is 4.22. The minimum absolute atomic E-state index is 0.268. The van der Waals surface area contributed by atoms with Crippen molar-refractivity contribution >= 4 is 28.3 Å². The number of benzene rings is 1. The fourth-order valence-corrected chi connectivity index (χ4v) is 2.80. The zero-order valence-electron chi connectivity index (χ0n) is 13.6. The predicted octanol–water partition coefficient (Wildman–Crippen LogP) is 2.11. The first-order valence-electron chi connectivity index (χ1n) is 8.13. The Hall–Kier alpha value is -3.06. The number of amides is 1. The van der Waals surface area contributed by atoms with E-state index in [4.69, 9.17) is 4.74 Å². The number of nitrogens with zero attached hydrogens (tertiary/aromatic N) is 4. The molecule has 1 aliphatic heterocycles. The maximum absolute atomic E-state index is 12.5. The molecule has 2 aromatic heterocycles. The first kappa shape index (κ1) is 15.5. The first-order valence-corrected chi connectivity index (χ1v) is 8.13. The fourth-order valence-electron chi connectivity index (χ4n) is 2.80. The maximum atomic E-state index is 12.5. The standard InChI is InChI=1S/C18H17N5O2/c24-18(20-14-5-1-3-13-4-2-8-19-17(13)14)15-6-7-16(22-21-15)23-9-11-25-12-10-23/h1-8H,9-12H2,(H,20,24). The molecule has 3 heterocycles. The number of aromatic nitrogens is 3. The van der Waals surface area contributed by atoms with E-state index < -0.39 is 0 Å². The van der Waals surface area contributed by atoms with Gasteiger partial charge in [-0.15, -0.1) is 10.2 Å². The van der Waals surface area contributed by atoms with Crippen LogP contribution in [0, 0.1) is 0 Å². The molecular formula is C18H17N5O2. The Morgan fingerprint density at radius 2 is 1.88 bits per heavy atom. The summed E-state index contributed by atoms with van der Waals surface area (Å²) in [5.74, 6) is 0.450. The van der Waals surface area contributed by atoms with Crippen LogP contribution in [0.15, 0.2) is 48.7 Å². The molecule has 0 unspecified atom stereocenters. The Labute approximate surface area is 144 Å². The average molecular weight is 335 g/mol. The highest BCUT2D eigenvalue weighted by Gasteiger charge is 2.15. The van der Waals surface area contributed by atoms with E-state index in [0.29, 0.717) is 18.9 Å². The van der Waals surface area contributed by atoms with Crippen molar-refractivity contribution in [2.45, 2.75) is 0 Å². The SMILES string of the molecule is O=C(Nc1cccc2cccnc12)c1ccc(N2CCOCC2)nn1. The quantitative estimate of drug-likeness (QED) is 0.790. The minimum atomic E-state index is -0.306. The molecule has 7 nitrogen and oxygen atoms in total. The van der Waals surface area contributed by atoms with Crippen LogP contribution in [0.4, 0.5) is 11.5 Å². The molecule has 3 aromatic rings. The summed E-state index contributed by atoms with van der Waals surface area (Å²) in [5, 5.41) is 12.1. The van der Waals surface area contributed by atoms with Crippen LogP contribution in [0.1, 0.15) is 10.5 Å². The summed E-state index contributed by atoms with van der Waals surface area (Å²) in [6.07, 6.45) is 1.70. The number of carbonyl (C=O) groups excluding carboxylic acids is 1. The van der Waals surface area contributed by atoms with Gasteiger partial charge in [-0.3, -0.25) is 9.78 Å². The van der Waals surface area contributed by atoms with Crippen LogP contribution in [0.3, 0.4) is 0 Å². The van der Waals surface area contributed by atoms with Crippen molar-refractivity contribution in [1.29, 1.82) is 0 Å². The third-order valence-electron chi connectivity index (χ3n) is 4.10. The molecule has 4 rings (SSSR count). The van der Waals surface area contributed by atoms with Gasteiger partial charge >= 0.3 is 0 Å². The molecule has 1 saturated heterocycles. The highest BCUT2D eigenvalue weighted by Crippen LogP contribution is 2.21. The molecule has 1 aliphatic rings. The third-order valence-corrected chi connectivity index (χ3v) is 4.10. The lowest BCUT2D eigenvalue weighted by atomic mass is 10.2. The summed E-state index contributed by atoms with van der Waals surface area (Å²) >= 11 is 0. The van der Waals surface area contributed by atoms with E-state index in [-0.39, 0.29) is 11.6 Å². The zero-order chi connectivity index (χ0) is 17.1. The number of para-hydroxylation sites is 1. The third kappa shape index (κ3) is 3.27. The van der Waals surface area contributed by atoms with Crippen LogP contribution >= 0.6 is 0 Å². The molecular weight excluding hydrogens is 318 g/mol. The van der Waals surface area contributed by atoms with E-state index in [1.54, 1.807) is 12.3 Å². The molecule has 126 valence electrons. The normalized spacial score (nSPS) is 14.5. The highest BCUT2D eigenvalue weighted by atomic mass is 16.5. The Balaban J connectivity index is 1.52. The smallest absolute Gasteiger partial charge is 0.276 e. The summed E-state index contributed by atoms with van der Waals surface area (Å²) in [6, 6.07) is 13.0. The van der Waals surface area contributed by atoms with Crippen molar-refractivity contribution in [3.63, 3.8) is 0 Å². The van der Waals surface area contributed by atoms with Crippen LogP contribution in [-0.2, 0) is 4.74 Å². The lowest BCUT2D eigenvalue weighted by Crippen LogP contribution is -2.37. The molecule has 25 heavy (non-hydrogen) atoms. The van der Waals surface area contributed by atoms with Crippen molar-refractivity contribution in [2.75, 3.05) is 36.5 Å². The van der Waals surface area contributed by atoms with Crippen molar-refractivity contribution in [3.8, 4) is 0 Å². The largest absolute Gasteiger partial charge is 0.378 e. The van der Waals surface area contributed by atoms with Crippen molar-refractivity contribution in [1.82, 2.24) is 15.2 Å². The average Bonchev–Trinajstić information content (AvgIpc) is 2.69. The summed E-state index contributed by atoms with van der Waals surface area (Å²) in [4.78, 5) is 18.9. The van der Waals surface area contributed by atoms with Crippen molar-refractivity contribution in [3.05, 3.63) is 54.4 Å². The number of hydrogen-bond donors (Lipinski definition) is 1. The van der Waals surface area contributed by atoms with E-state index in [9.17, 15) is 4.79 Å². The minimum Gasteiger partial charge on any atom is -0.378 e. The number of morpholine rings is 1. The predicted molar refractivity (Wildman–Crippen MR) is 94.8 cm³/mol. The number of rotatable bonds is 3. The van der Waals surface area contributed by atoms with Gasteiger partial charge in [-0.25, -0.2) is 0 Å². The molecule has 0 bridgehead atoms. The lowest BCUT2D eigenvalue weighted by Gasteiger charge is -2.27. The van der Waals surface area contributed by atoms with Crippen molar-refractivity contribution in [2.24, 2.45) is 0 Å². The fraction of sp³-hybridized carbons (Fsp3) is 0.222.